The van der Waals surface area contributed by atoms with Gasteiger partial charge in [-0.2, -0.15) is 21.3 Å². The van der Waals surface area contributed by atoms with Gasteiger partial charge in [-0.15, -0.1) is 0 Å². The van der Waals surface area contributed by atoms with Gasteiger partial charge in [0.05, 0.1) is 5.69 Å². The number of hydrogen-bond acceptors (Lipinski definition) is 8. The van der Waals surface area contributed by atoms with E-state index in [9.17, 15) is 0 Å². The maximum absolute atomic E-state index is 4.73. The molecule has 0 aromatic carbocycles. The molecule has 0 aliphatic heterocycles. The summed E-state index contributed by atoms with van der Waals surface area (Å²) < 4.78 is 1.97. The molecule has 0 saturated carbocycles. The van der Waals surface area contributed by atoms with Crippen molar-refractivity contribution in [2.45, 2.75) is 13.1 Å². The second-order valence-electron chi connectivity index (χ2n) is 6.59. The summed E-state index contributed by atoms with van der Waals surface area (Å²) in [6, 6.07) is 9.89. The lowest BCUT2D eigenvalue weighted by molar-refractivity contribution is 1.02. The van der Waals surface area contributed by atoms with Gasteiger partial charge < -0.3 is 10.6 Å². The number of nitrogens with zero attached hydrogens (tertiary/aromatic N) is 6. The normalized spacial score (nSPS) is 10.9. The largest absolute Gasteiger partial charge is 0.364 e. The van der Waals surface area contributed by atoms with Crippen molar-refractivity contribution in [3.05, 3.63) is 83.3 Å². The summed E-state index contributed by atoms with van der Waals surface area (Å²) >= 11 is 1.63. The van der Waals surface area contributed by atoms with E-state index in [2.05, 4.69) is 35.9 Å². The van der Waals surface area contributed by atoms with Gasteiger partial charge in [0.15, 0.2) is 17.0 Å². The van der Waals surface area contributed by atoms with Crippen molar-refractivity contribution in [2.75, 3.05) is 10.6 Å². The highest BCUT2D eigenvalue weighted by Gasteiger charge is 2.15. The highest BCUT2D eigenvalue weighted by Crippen LogP contribution is 2.25. The molecule has 9 heteroatoms. The third-order valence-corrected chi connectivity index (χ3v) is 5.21. The molecule has 0 atom stereocenters. The minimum absolute atomic E-state index is 0.525. The molecule has 5 rings (SSSR count). The SMILES string of the molecule is c1cncc(CNc2nc(NCc3cccnc3)c3ncn(-c4ccsc4)c3n2)c1. The van der Waals surface area contributed by atoms with Gasteiger partial charge in [-0.1, -0.05) is 12.1 Å². The fourth-order valence-electron chi connectivity index (χ4n) is 3.06. The van der Waals surface area contributed by atoms with Crippen LogP contribution in [0.1, 0.15) is 11.1 Å². The summed E-state index contributed by atoms with van der Waals surface area (Å²) in [5.74, 6) is 1.20. The predicted molar refractivity (Wildman–Crippen MR) is 118 cm³/mol. The second kappa shape index (κ2) is 8.26. The molecular formula is C21H18N8S. The van der Waals surface area contributed by atoms with E-state index in [1.165, 1.54) is 0 Å². The standard InChI is InChI=1S/C21H18N8S/c1-3-15(9-22-6-1)11-24-19-18-20(29(14-26-18)17-5-8-30-13-17)28-21(27-19)25-12-16-4-2-7-23-10-16/h1-10,13-14H,11-12H2,(H2,24,25,27,28). The fraction of sp³-hybridized carbons (Fsp3) is 0.0952. The molecule has 0 fully saturated rings. The van der Waals surface area contributed by atoms with Gasteiger partial charge in [0.2, 0.25) is 5.95 Å². The van der Waals surface area contributed by atoms with Crippen LogP contribution in [-0.4, -0.2) is 29.5 Å². The van der Waals surface area contributed by atoms with E-state index < -0.39 is 0 Å². The molecule has 0 aliphatic carbocycles. The van der Waals surface area contributed by atoms with Crippen LogP contribution in [0.5, 0.6) is 0 Å². The number of nitrogens with one attached hydrogen (secondary N) is 2. The Morgan fingerprint density at radius 1 is 0.900 bits per heavy atom. The Labute approximate surface area is 176 Å². The van der Waals surface area contributed by atoms with E-state index in [1.807, 2.05) is 52.7 Å². The van der Waals surface area contributed by atoms with Gasteiger partial charge in [0.25, 0.3) is 0 Å². The first-order chi connectivity index (χ1) is 14.9. The van der Waals surface area contributed by atoms with Crippen LogP contribution in [0.15, 0.2) is 72.2 Å². The number of rotatable bonds is 7. The molecule has 8 nitrogen and oxygen atoms in total. The quantitative estimate of drug-likeness (QED) is 0.417. The lowest BCUT2D eigenvalue weighted by Gasteiger charge is -2.10. The molecule has 5 aromatic rings. The second-order valence-corrected chi connectivity index (χ2v) is 7.37. The Morgan fingerprint density at radius 3 is 2.33 bits per heavy atom. The van der Waals surface area contributed by atoms with E-state index in [0.717, 1.165) is 28.0 Å². The van der Waals surface area contributed by atoms with Crippen molar-refractivity contribution in [3.8, 4) is 5.69 Å². The Kier molecular flexibility index (Phi) is 5.01. The Bertz CT molecular complexity index is 1240. The number of imidazole rings is 1. The lowest BCUT2D eigenvalue weighted by atomic mass is 10.3. The van der Waals surface area contributed by atoms with Crippen LogP contribution in [-0.2, 0) is 13.1 Å². The van der Waals surface area contributed by atoms with Crippen LogP contribution in [0.3, 0.4) is 0 Å². The average molecular weight is 414 g/mol. The summed E-state index contributed by atoms with van der Waals surface area (Å²) in [6.45, 7) is 1.17. The van der Waals surface area contributed by atoms with Crippen LogP contribution in [0, 0.1) is 0 Å². The molecule has 0 radical (unpaired) electrons. The van der Waals surface area contributed by atoms with Crippen molar-refractivity contribution >= 4 is 34.3 Å². The van der Waals surface area contributed by atoms with E-state index in [-0.39, 0.29) is 0 Å². The molecule has 0 aliphatic rings. The molecule has 0 unspecified atom stereocenters. The van der Waals surface area contributed by atoms with Crippen molar-refractivity contribution < 1.29 is 0 Å². The molecule has 148 valence electrons. The van der Waals surface area contributed by atoms with Gasteiger partial charge >= 0.3 is 0 Å². The summed E-state index contributed by atoms with van der Waals surface area (Å²) in [5, 5.41) is 10.8. The summed E-state index contributed by atoms with van der Waals surface area (Å²) in [6.07, 6.45) is 8.95. The minimum atomic E-state index is 0.525. The Hall–Kier alpha value is -3.85. The molecule has 0 amide bonds. The van der Waals surface area contributed by atoms with E-state index in [1.54, 1.807) is 30.1 Å². The molecule has 2 N–H and O–H groups in total. The van der Waals surface area contributed by atoms with Crippen molar-refractivity contribution in [3.63, 3.8) is 0 Å². The number of hydrogen-bond donors (Lipinski definition) is 2. The van der Waals surface area contributed by atoms with Gasteiger partial charge in [-0.3, -0.25) is 14.5 Å². The topological polar surface area (TPSA) is 93.4 Å². The van der Waals surface area contributed by atoms with Crippen molar-refractivity contribution in [1.82, 2.24) is 29.5 Å². The predicted octanol–water partition coefficient (Wildman–Crippen LogP) is 3.89. The van der Waals surface area contributed by atoms with E-state index in [0.29, 0.717) is 24.9 Å². The summed E-state index contributed by atoms with van der Waals surface area (Å²) in [5.41, 5.74) is 4.60. The molecule has 5 heterocycles. The Balaban J connectivity index is 1.49. The number of thiophene rings is 1. The lowest BCUT2D eigenvalue weighted by Crippen LogP contribution is -2.09. The highest BCUT2D eigenvalue weighted by atomic mass is 32.1. The number of fused-ring (bicyclic) bond motifs is 1. The summed E-state index contributed by atoms with van der Waals surface area (Å²) in [4.78, 5) is 22.3. The number of pyridine rings is 2. The zero-order chi connectivity index (χ0) is 20.2. The molecule has 0 spiro atoms. The Morgan fingerprint density at radius 2 is 1.67 bits per heavy atom. The smallest absolute Gasteiger partial charge is 0.227 e. The van der Waals surface area contributed by atoms with Gasteiger partial charge in [0.1, 0.15) is 6.33 Å². The zero-order valence-corrected chi connectivity index (χ0v) is 16.8. The number of anilines is 2. The van der Waals surface area contributed by atoms with Crippen molar-refractivity contribution in [2.24, 2.45) is 0 Å². The first-order valence-electron chi connectivity index (χ1n) is 9.40. The van der Waals surface area contributed by atoms with Gasteiger partial charge in [-0.25, -0.2) is 4.98 Å². The molecule has 5 aromatic heterocycles. The number of aromatic nitrogens is 6. The van der Waals surface area contributed by atoms with Crippen LogP contribution in [0.4, 0.5) is 11.8 Å². The third kappa shape index (κ3) is 3.83. The molecule has 0 saturated heterocycles. The fourth-order valence-corrected chi connectivity index (χ4v) is 3.69. The van der Waals surface area contributed by atoms with Crippen LogP contribution in [0.25, 0.3) is 16.9 Å². The first-order valence-corrected chi connectivity index (χ1v) is 10.3. The molecule has 0 bridgehead atoms. The van der Waals surface area contributed by atoms with Crippen molar-refractivity contribution in [1.29, 1.82) is 0 Å². The maximum atomic E-state index is 4.73. The van der Waals surface area contributed by atoms with Gasteiger partial charge in [-0.05, 0) is 34.7 Å². The average Bonchev–Trinajstić information content (AvgIpc) is 3.47. The highest BCUT2D eigenvalue weighted by molar-refractivity contribution is 7.08. The van der Waals surface area contributed by atoms with Gasteiger partial charge in [0, 0.05) is 43.3 Å². The van der Waals surface area contributed by atoms with Crippen LogP contribution >= 0.6 is 11.3 Å². The van der Waals surface area contributed by atoms with Crippen LogP contribution in [0.2, 0.25) is 0 Å². The third-order valence-electron chi connectivity index (χ3n) is 4.54. The van der Waals surface area contributed by atoms with Crippen LogP contribution < -0.4 is 10.6 Å². The molecular weight excluding hydrogens is 396 g/mol. The monoisotopic (exact) mass is 414 g/mol. The first kappa shape index (κ1) is 18.2. The van der Waals surface area contributed by atoms with E-state index in [4.69, 9.17) is 4.98 Å². The maximum Gasteiger partial charge on any atom is 0.227 e. The zero-order valence-electron chi connectivity index (χ0n) is 15.9. The molecule has 30 heavy (non-hydrogen) atoms. The van der Waals surface area contributed by atoms with E-state index >= 15 is 0 Å². The summed E-state index contributed by atoms with van der Waals surface area (Å²) in [7, 11) is 0. The minimum Gasteiger partial charge on any atom is -0.364 e.